The topological polar surface area (TPSA) is 68.0 Å². The molecule has 0 fully saturated rings. The summed E-state index contributed by atoms with van der Waals surface area (Å²) in [6.07, 6.45) is 0.780. The van der Waals surface area contributed by atoms with Gasteiger partial charge in [0.1, 0.15) is 5.82 Å². The number of nitrogens with zero attached hydrogens (tertiary/aromatic N) is 1. The molecule has 0 aliphatic rings. The average Bonchev–Trinajstić information content (AvgIpc) is 2.91. The second kappa shape index (κ2) is 6.11. The van der Waals surface area contributed by atoms with E-state index in [9.17, 15) is 9.18 Å². The molecular formula is C16H14FN3OS. The summed E-state index contributed by atoms with van der Waals surface area (Å²) >= 11 is 1.48. The van der Waals surface area contributed by atoms with E-state index in [1.807, 2.05) is 0 Å². The molecule has 1 aromatic heterocycles. The van der Waals surface area contributed by atoms with Crippen molar-refractivity contribution in [2.24, 2.45) is 5.73 Å². The first-order valence-corrected chi connectivity index (χ1v) is 7.62. The highest BCUT2D eigenvalue weighted by Crippen LogP contribution is 2.26. The Labute approximate surface area is 130 Å². The monoisotopic (exact) mass is 315 g/mol. The second-order valence-corrected chi connectivity index (χ2v) is 5.90. The van der Waals surface area contributed by atoms with E-state index in [1.54, 1.807) is 30.3 Å². The van der Waals surface area contributed by atoms with E-state index in [2.05, 4.69) is 10.3 Å². The maximum atomic E-state index is 12.8. The Morgan fingerprint density at radius 1 is 1.23 bits per heavy atom. The summed E-state index contributed by atoms with van der Waals surface area (Å²) in [7, 11) is 0. The van der Waals surface area contributed by atoms with Gasteiger partial charge in [-0.2, -0.15) is 0 Å². The van der Waals surface area contributed by atoms with Gasteiger partial charge in [-0.05, 0) is 42.3 Å². The Bertz CT molecular complexity index is 814. The fraction of sp³-hybridized carbons (Fsp3) is 0.125. The molecule has 0 saturated heterocycles. The van der Waals surface area contributed by atoms with Gasteiger partial charge in [0.15, 0.2) is 5.13 Å². The summed E-state index contributed by atoms with van der Waals surface area (Å²) in [5.74, 6) is -0.672. The third-order valence-corrected chi connectivity index (χ3v) is 4.25. The lowest BCUT2D eigenvalue weighted by molar-refractivity contribution is 0.100. The van der Waals surface area contributed by atoms with Gasteiger partial charge < -0.3 is 11.1 Å². The maximum absolute atomic E-state index is 12.8. The number of nitrogens with two attached hydrogens (primary N) is 1. The molecule has 0 aliphatic heterocycles. The van der Waals surface area contributed by atoms with Crippen LogP contribution in [0.4, 0.5) is 9.52 Å². The number of benzene rings is 2. The van der Waals surface area contributed by atoms with Gasteiger partial charge in [0.2, 0.25) is 5.91 Å². The van der Waals surface area contributed by atoms with Crippen LogP contribution in [-0.2, 0) is 6.42 Å². The molecule has 3 aromatic rings. The van der Waals surface area contributed by atoms with Crippen molar-refractivity contribution in [3.05, 3.63) is 59.4 Å². The number of anilines is 1. The van der Waals surface area contributed by atoms with Crippen molar-refractivity contribution in [3.8, 4) is 0 Å². The quantitative estimate of drug-likeness (QED) is 0.760. The van der Waals surface area contributed by atoms with Crippen LogP contribution in [0.2, 0.25) is 0 Å². The highest BCUT2D eigenvalue weighted by atomic mass is 32.1. The molecule has 0 bridgehead atoms. The first kappa shape index (κ1) is 14.5. The summed E-state index contributed by atoms with van der Waals surface area (Å²) in [5.41, 5.74) is 7.64. The lowest BCUT2D eigenvalue weighted by Gasteiger charge is -2.02. The normalized spacial score (nSPS) is 10.8. The Kier molecular flexibility index (Phi) is 4.02. The molecule has 0 saturated carbocycles. The number of nitrogens with one attached hydrogen (secondary N) is 1. The van der Waals surface area contributed by atoms with Crippen molar-refractivity contribution in [1.29, 1.82) is 0 Å². The molecule has 0 aliphatic carbocycles. The van der Waals surface area contributed by atoms with E-state index in [0.717, 1.165) is 27.3 Å². The Morgan fingerprint density at radius 3 is 2.73 bits per heavy atom. The molecule has 2 aromatic carbocycles. The Morgan fingerprint density at radius 2 is 2.00 bits per heavy atom. The molecule has 22 heavy (non-hydrogen) atoms. The van der Waals surface area contributed by atoms with Crippen LogP contribution >= 0.6 is 11.3 Å². The average molecular weight is 315 g/mol. The molecule has 3 N–H and O–H groups in total. The largest absolute Gasteiger partial charge is 0.366 e. The number of carbonyl (C=O) groups is 1. The lowest BCUT2D eigenvalue weighted by atomic mass is 10.1. The van der Waals surface area contributed by atoms with Crippen LogP contribution < -0.4 is 11.1 Å². The molecule has 0 radical (unpaired) electrons. The number of hydrogen-bond acceptors (Lipinski definition) is 4. The zero-order valence-corrected chi connectivity index (χ0v) is 12.5. The molecule has 4 nitrogen and oxygen atoms in total. The van der Waals surface area contributed by atoms with E-state index >= 15 is 0 Å². The molecule has 1 amide bonds. The van der Waals surface area contributed by atoms with Gasteiger partial charge in [-0.3, -0.25) is 4.79 Å². The summed E-state index contributed by atoms with van der Waals surface area (Å²) in [6, 6.07) is 11.7. The summed E-state index contributed by atoms with van der Waals surface area (Å²) in [5, 5.41) is 4.03. The van der Waals surface area contributed by atoms with Gasteiger partial charge in [0, 0.05) is 12.1 Å². The second-order valence-electron chi connectivity index (χ2n) is 4.87. The number of aromatic nitrogens is 1. The van der Waals surface area contributed by atoms with Gasteiger partial charge in [0.05, 0.1) is 10.2 Å². The van der Waals surface area contributed by atoms with Crippen LogP contribution in [0.5, 0.6) is 0 Å². The summed E-state index contributed by atoms with van der Waals surface area (Å²) in [4.78, 5) is 15.6. The lowest BCUT2D eigenvalue weighted by Crippen LogP contribution is -2.10. The number of rotatable bonds is 5. The highest BCUT2D eigenvalue weighted by molar-refractivity contribution is 7.22. The van der Waals surface area contributed by atoms with Crippen molar-refractivity contribution >= 4 is 32.6 Å². The Balaban J connectivity index is 1.66. The molecular weight excluding hydrogens is 301 g/mol. The first-order chi connectivity index (χ1) is 10.6. The third-order valence-electron chi connectivity index (χ3n) is 3.28. The number of hydrogen-bond donors (Lipinski definition) is 2. The fourth-order valence-corrected chi connectivity index (χ4v) is 3.05. The van der Waals surface area contributed by atoms with Crippen molar-refractivity contribution in [2.75, 3.05) is 11.9 Å². The SMILES string of the molecule is NC(=O)c1ccc2nc(NCCc3ccc(F)cc3)sc2c1. The van der Waals surface area contributed by atoms with Gasteiger partial charge in [-0.25, -0.2) is 9.37 Å². The van der Waals surface area contributed by atoms with E-state index < -0.39 is 5.91 Å². The molecule has 0 atom stereocenters. The number of primary amides is 1. The summed E-state index contributed by atoms with van der Waals surface area (Å²) < 4.78 is 13.7. The third kappa shape index (κ3) is 3.23. The molecule has 3 rings (SSSR count). The van der Waals surface area contributed by atoms with Crippen molar-refractivity contribution < 1.29 is 9.18 Å². The number of amides is 1. The van der Waals surface area contributed by atoms with Crippen LogP contribution in [0.15, 0.2) is 42.5 Å². The van der Waals surface area contributed by atoms with Crippen LogP contribution in [-0.4, -0.2) is 17.4 Å². The van der Waals surface area contributed by atoms with Crippen LogP contribution in [0.3, 0.4) is 0 Å². The van der Waals surface area contributed by atoms with Gasteiger partial charge in [0.25, 0.3) is 0 Å². The van der Waals surface area contributed by atoms with E-state index in [1.165, 1.54) is 23.5 Å². The minimum Gasteiger partial charge on any atom is -0.366 e. The van der Waals surface area contributed by atoms with E-state index in [0.29, 0.717) is 12.1 Å². The van der Waals surface area contributed by atoms with Crippen LogP contribution in [0.25, 0.3) is 10.2 Å². The zero-order chi connectivity index (χ0) is 15.5. The van der Waals surface area contributed by atoms with E-state index in [4.69, 9.17) is 5.73 Å². The predicted octanol–water partition coefficient (Wildman–Crippen LogP) is 3.19. The van der Waals surface area contributed by atoms with Crippen LogP contribution in [0, 0.1) is 5.82 Å². The van der Waals surface area contributed by atoms with E-state index in [-0.39, 0.29) is 5.82 Å². The molecule has 0 unspecified atom stereocenters. The Hall–Kier alpha value is -2.47. The fourth-order valence-electron chi connectivity index (χ4n) is 2.12. The zero-order valence-electron chi connectivity index (χ0n) is 11.7. The van der Waals surface area contributed by atoms with Gasteiger partial charge in [-0.15, -0.1) is 0 Å². The first-order valence-electron chi connectivity index (χ1n) is 6.80. The minimum atomic E-state index is -0.443. The standard InChI is InChI=1S/C16H14FN3OS/c17-12-4-1-10(2-5-12)7-8-19-16-20-13-6-3-11(15(18)21)9-14(13)22-16/h1-6,9H,7-8H2,(H2,18,21)(H,19,20). The molecule has 112 valence electrons. The number of carbonyl (C=O) groups excluding carboxylic acids is 1. The molecule has 6 heteroatoms. The van der Waals surface area contributed by atoms with Crippen molar-refractivity contribution in [1.82, 2.24) is 4.98 Å². The van der Waals surface area contributed by atoms with Crippen molar-refractivity contribution in [2.45, 2.75) is 6.42 Å². The van der Waals surface area contributed by atoms with Gasteiger partial charge in [-0.1, -0.05) is 23.5 Å². The summed E-state index contributed by atoms with van der Waals surface area (Å²) in [6.45, 7) is 0.703. The predicted molar refractivity (Wildman–Crippen MR) is 86.7 cm³/mol. The number of thiazole rings is 1. The minimum absolute atomic E-state index is 0.229. The smallest absolute Gasteiger partial charge is 0.248 e. The van der Waals surface area contributed by atoms with Crippen LogP contribution in [0.1, 0.15) is 15.9 Å². The molecule has 0 spiro atoms. The number of halogens is 1. The highest BCUT2D eigenvalue weighted by Gasteiger charge is 2.07. The number of fused-ring (bicyclic) bond motifs is 1. The van der Waals surface area contributed by atoms with Crippen molar-refractivity contribution in [3.63, 3.8) is 0 Å². The van der Waals surface area contributed by atoms with Gasteiger partial charge >= 0.3 is 0 Å². The maximum Gasteiger partial charge on any atom is 0.248 e. The molecule has 1 heterocycles.